The van der Waals surface area contributed by atoms with Crippen LogP contribution in [-0.2, 0) is 0 Å². The average Bonchev–Trinajstić information content (AvgIpc) is 1.58. The van der Waals surface area contributed by atoms with E-state index >= 15 is 0 Å². The normalized spacial score (nSPS) is 11.7. The first-order chi connectivity index (χ1) is 51.5. The van der Waals surface area contributed by atoms with Gasteiger partial charge in [0.05, 0.1) is 33.9 Å². The van der Waals surface area contributed by atoms with E-state index in [9.17, 15) is 0 Å². The zero-order chi connectivity index (χ0) is 68.6. The number of rotatable bonds is 13. The van der Waals surface area contributed by atoms with Gasteiger partial charge in [0.2, 0.25) is 11.8 Å². The molecule has 6 heterocycles. The molecular formula is C94H56N6O4. The molecule has 0 spiro atoms. The Hall–Kier alpha value is -14.2. The molecule has 14 aromatic carbocycles. The summed E-state index contributed by atoms with van der Waals surface area (Å²) < 4.78 is 26.6. The second-order valence-corrected chi connectivity index (χ2v) is 26.0. The molecule has 486 valence electrons. The number of fused-ring (bicyclic) bond motifs is 8. The standard InChI is InChI=1S/C94H56N6O4/c1-4-18-57(19-5-1)60-42-46-64(47-43-60)79-55-81(97-92(96-79)74-31-17-37-85-88(74)73-30-15-32-75(90(73)102-85)93-99-77-34-10-11-35-83(77)103-93)69-26-12-24-66(52-69)62-38-40-63(41-39-62)68-50-51-78-86(54-68)104-94(100-78)76-33-14-29-72-87-71(28-16-36-84(87)101-89(72)76)82-56-80(65-48-44-61(45-49-65)58-20-6-2-7-21-58)95-91(98-82)70-27-13-25-67(53-70)59-22-8-3-9-23-59/h1-56H. The minimum Gasteiger partial charge on any atom is -0.455 e. The third-order valence-corrected chi connectivity index (χ3v) is 19.7. The Morgan fingerprint density at radius 3 is 1.12 bits per heavy atom. The van der Waals surface area contributed by atoms with Gasteiger partial charge in [-0.25, -0.2) is 29.9 Å². The minimum atomic E-state index is 0.463. The van der Waals surface area contributed by atoms with Gasteiger partial charge < -0.3 is 17.7 Å². The fourth-order valence-corrected chi connectivity index (χ4v) is 14.5. The number of aromatic nitrogens is 6. The topological polar surface area (TPSA) is 130 Å². The predicted molar refractivity (Wildman–Crippen MR) is 418 cm³/mol. The van der Waals surface area contributed by atoms with Gasteiger partial charge in [-0.1, -0.05) is 267 Å². The molecule has 0 aliphatic rings. The molecule has 0 saturated carbocycles. The van der Waals surface area contributed by atoms with Crippen molar-refractivity contribution in [2.45, 2.75) is 0 Å². The molecular weight excluding hydrogens is 1280 g/mol. The van der Waals surface area contributed by atoms with Crippen molar-refractivity contribution in [3.63, 3.8) is 0 Å². The van der Waals surface area contributed by atoms with E-state index in [1.165, 1.54) is 0 Å². The van der Waals surface area contributed by atoms with E-state index in [1.54, 1.807) is 0 Å². The largest absolute Gasteiger partial charge is 0.455 e. The van der Waals surface area contributed by atoms with Crippen molar-refractivity contribution in [2.75, 3.05) is 0 Å². The van der Waals surface area contributed by atoms with Gasteiger partial charge in [-0.15, -0.1) is 0 Å². The fourth-order valence-electron chi connectivity index (χ4n) is 14.5. The predicted octanol–water partition coefficient (Wildman–Crippen LogP) is 25.0. The van der Waals surface area contributed by atoms with E-state index in [0.29, 0.717) is 51.3 Å². The van der Waals surface area contributed by atoms with E-state index in [2.05, 4.69) is 243 Å². The van der Waals surface area contributed by atoms with Gasteiger partial charge in [0.1, 0.15) is 33.4 Å². The third-order valence-electron chi connectivity index (χ3n) is 19.7. The molecule has 104 heavy (non-hydrogen) atoms. The number of para-hydroxylation sites is 4. The first-order valence-corrected chi connectivity index (χ1v) is 34.6. The Kier molecular flexibility index (Phi) is 14.3. The van der Waals surface area contributed by atoms with Crippen LogP contribution in [0.3, 0.4) is 0 Å². The lowest BCUT2D eigenvalue weighted by Gasteiger charge is -2.12. The third kappa shape index (κ3) is 10.8. The molecule has 0 aliphatic carbocycles. The summed E-state index contributed by atoms with van der Waals surface area (Å²) in [5, 5.41) is 3.67. The van der Waals surface area contributed by atoms with Crippen LogP contribution in [0, 0.1) is 0 Å². The van der Waals surface area contributed by atoms with Crippen molar-refractivity contribution >= 4 is 66.1 Å². The highest BCUT2D eigenvalue weighted by Crippen LogP contribution is 2.45. The van der Waals surface area contributed by atoms with Gasteiger partial charge in [0.25, 0.3) is 0 Å². The number of oxazole rings is 2. The van der Waals surface area contributed by atoms with Crippen molar-refractivity contribution < 1.29 is 17.7 Å². The van der Waals surface area contributed by atoms with Crippen molar-refractivity contribution in [3.05, 3.63) is 340 Å². The van der Waals surface area contributed by atoms with Gasteiger partial charge in [0.15, 0.2) is 22.8 Å². The minimum absolute atomic E-state index is 0.463. The highest BCUT2D eigenvalue weighted by Gasteiger charge is 2.24. The number of benzene rings is 14. The maximum absolute atomic E-state index is 6.87. The smallest absolute Gasteiger partial charge is 0.231 e. The van der Waals surface area contributed by atoms with Crippen LogP contribution in [0.15, 0.2) is 357 Å². The first kappa shape index (κ1) is 59.8. The van der Waals surface area contributed by atoms with Crippen molar-refractivity contribution in [1.29, 1.82) is 0 Å². The lowest BCUT2D eigenvalue weighted by atomic mass is 9.97. The number of hydrogen-bond donors (Lipinski definition) is 0. The second kappa shape index (κ2) is 24.9. The Balaban J connectivity index is 0.621. The van der Waals surface area contributed by atoms with E-state index in [-0.39, 0.29) is 0 Å². The monoisotopic (exact) mass is 1330 g/mol. The molecule has 0 fully saturated rings. The van der Waals surface area contributed by atoms with Crippen LogP contribution >= 0.6 is 0 Å². The molecule has 0 saturated heterocycles. The van der Waals surface area contributed by atoms with Gasteiger partial charge >= 0.3 is 0 Å². The maximum Gasteiger partial charge on any atom is 0.231 e. The molecule has 20 aromatic rings. The summed E-state index contributed by atoms with van der Waals surface area (Å²) >= 11 is 0. The molecule has 0 unspecified atom stereocenters. The van der Waals surface area contributed by atoms with Gasteiger partial charge in [-0.2, -0.15) is 0 Å². The lowest BCUT2D eigenvalue weighted by molar-refractivity contribution is 0.614. The van der Waals surface area contributed by atoms with Crippen LogP contribution in [0.4, 0.5) is 0 Å². The molecule has 0 atom stereocenters. The molecule has 0 radical (unpaired) electrons. The van der Waals surface area contributed by atoms with Gasteiger partial charge in [-0.05, 0) is 128 Å². The van der Waals surface area contributed by atoms with Gasteiger partial charge in [-0.3, -0.25) is 0 Å². The van der Waals surface area contributed by atoms with E-state index < -0.39 is 0 Å². The highest BCUT2D eigenvalue weighted by molar-refractivity contribution is 6.16. The summed E-state index contributed by atoms with van der Waals surface area (Å²) in [4.78, 5) is 31.4. The Labute approximate surface area is 596 Å². The first-order valence-electron chi connectivity index (χ1n) is 34.6. The van der Waals surface area contributed by atoms with Crippen molar-refractivity contribution in [2.24, 2.45) is 0 Å². The zero-order valence-corrected chi connectivity index (χ0v) is 55.6. The number of furan rings is 2. The van der Waals surface area contributed by atoms with Crippen LogP contribution in [-0.4, -0.2) is 29.9 Å². The SMILES string of the molecule is c1ccc(-c2ccc(-c3cc(-c4cccc5oc6c(-c7nc8ccc(-c9ccc(-c%10cccc(-c%11cc(-c%12ccc(-c%13ccccc%13)cc%12)nc(-c%12cccc%13oc%14c(-c%15nc%16ccccc%16o%15)cccc%14c%12%13)n%11)c%10)cc9)cc8o7)cccc6c45)nc(-c4cccc(-c5ccccc5)c4)n3)cc2)cc1. The summed E-state index contributed by atoms with van der Waals surface area (Å²) in [6.45, 7) is 0. The quantitative estimate of drug-likeness (QED) is 0.110. The van der Waals surface area contributed by atoms with Crippen LogP contribution in [0.2, 0.25) is 0 Å². The number of hydrogen-bond acceptors (Lipinski definition) is 10. The molecule has 0 aliphatic heterocycles. The Morgan fingerprint density at radius 2 is 0.538 bits per heavy atom. The summed E-state index contributed by atoms with van der Waals surface area (Å²) in [5.41, 5.74) is 26.8. The van der Waals surface area contributed by atoms with Crippen LogP contribution in [0.25, 0.3) is 212 Å². The lowest BCUT2D eigenvalue weighted by Crippen LogP contribution is -1.96. The zero-order valence-electron chi connectivity index (χ0n) is 55.6. The van der Waals surface area contributed by atoms with Crippen molar-refractivity contribution in [1.82, 2.24) is 29.9 Å². The van der Waals surface area contributed by atoms with E-state index in [4.69, 9.17) is 47.6 Å². The molecule has 0 bridgehead atoms. The van der Waals surface area contributed by atoms with E-state index in [0.717, 1.165) is 161 Å². The second-order valence-electron chi connectivity index (χ2n) is 26.0. The summed E-state index contributed by atoms with van der Waals surface area (Å²) in [7, 11) is 0. The molecule has 0 amide bonds. The van der Waals surface area contributed by atoms with Crippen LogP contribution in [0.1, 0.15) is 0 Å². The summed E-state index contributed by atoms with van der Waals surface area (Å²) in [6, 6.07) is 117. The van der Waals surface area contributed by atoms with E-state index in [1.807, 2.05) is 97.1 Å². The molecule has 0 N–H and O–H groups in total. The number of nitrogens with zero attached hydrogens (tertiary/aromatic N) is 6. The fraction of sp³-hybridized carbons (Fsp3) is 0. The molecule has 10 heteroatoms. The average molecular weight is 1330 g/mol. The Morgan fingerprint density at radius 1 is 0.183 bits per heavy atom. The molecule has 20 rings (SSSR count). The van der Waals surface area contributed by atoms with Crippen molar-refractivity contribution in [3.8, 4) is 146 Å². The summed E-state index contributed by atoms with van der Waals surface area (Å²) in [6.07, 6.45) is 0. The highest BCUT2D eigenvalue weighted by atomic mass is 16.4. The summed E-state index contributed by atoms with van der Waals surface area (Å²) in [5.74, 6) is 2.15. The molecule has 6 aromatic heterocycles. The van der Waals surface area contributed by atoms with Crippen LogP contribution < -0.4 is 0 Å². The van der Waals surface area contributed by atoms with Crippen LogP contribution in [0.5, 0.6) is 0 Å². The Bertz CT molecular complexity index is 6670. The maximum atomic E-state index is 6.87. The van der Waals surface area contributed by atoms with Gasteiger partial charge in [0, 0.05) is 54.9 Å². The molecule has 10 nitrogen and oxygen atoms in total.